The largest absolute Gasteiger partial charge is 0.453 e. The summed E-state index contributed by atoms with van der Waals surface area (Å²) in [6.07, 6.45) is 2.55. The summed E-state index contributed by atoms with van der Waals surface area (Å²) in [6, 6.07) is 19.2. The van der Waals surface area contributed by atoms with Crippen molar-refractivity contribution in [1.82, 2.24) is 40.8 Å². The summed E-state index contributed by atoms with van der Waals surface area (Å²) in [7, 11) is 2.41. The average Bonchev–Trinajstić information content (AvgIpc) is 3.96. The Balaban J connectivity index is 0.961. The van der Waals surface area contributed by atoms with Crippen LogP contribution in [0, 0.1) is 0 Å². The molecule has 7 rings (SSSR count). The summed E-state index contributed by atoms with van der Waals surface area (Å²) < 4.78 is 9.42. The number of aromatic nitrogens is 2. The average molecular weight is 820 g/mol. The van der Waals surface area contributed by atoms with Crippen molar-refractivity contribution in [3.05, 3.63) is 96.4 Å². The fourth-order valence-corrected chi connectivity index (χ4v) is 7.80. The molecule has 5 N–H and O–H groups in total. The lowest BCUT2D eigenvalue weighted by Gasteiger charge is -2.42. The highest BCUT2D eigenvalue weighted by Crippen LogP contribution is 2.35. The predicted octanol–water partition coefficient (Wildman–Crippen LogP) is 4.41. The van der Waals surface area contributed by atoms with Crippen molar-refractivity contribution in [1.29, 1.82) is 0 Å². The molecule has 3 fully saturated rings. The van der Waals surface area contributed by atoms with E-state index in [-0.39, 0.29) is 25.3 Å². The van der Waals surface area contributed by atoms with Crippen molar-refractivity contribution in [2.24, 2.45) is 0 Å². The zero-order chi connectivity index (χ0) is 42.3. The quantitative estimate of drug-likeness (QED) is 0.160. The number of rotatable bonds is 9. The number of methoxy groups -OCH3 is 2. The van der Waals surface area contributed by atoms with Gasteiger partial charge in [-0.05, 0) is 66.5 Å². The van der Waals surface area contributed by atoms with Crippen LogP contribution in [0.2, 0.25) is 0 Å². The molecule has 0 saturated carbocycles. The van der Waals surface area contributed by atoms with Gasteiger partial charge < -0.3 is 35.3 Å². The van der Waals surface area contributed by atoms with E-state index < -0.39 is 60.1 Å². The number of alkyl carbamates (subject to hydrolysis) is 2. The lowest BCUT2D eigenvalue weighted by molar-refractivity contribution is -0.174. The molecule has 4 atom stereocenters. The third kappa shape index (κ3) is 8.91. The first-order valence-electron chi connectivity index (χ1n) is 19.6. The zero-order valence-electron chi connectivity index (χ0n) is 33.0. The molecule has 18 nitrogen and oxygen atoms in total. The smallest absolute Gasteiger partial charge is 0.407 e. The number of imidazole rings is 1. The molecular weight excluding hydrogens is 775 g/mol. The van der Waals surface area contributed by atoms with Crippen molar-refractivity contribution >= 4 is 47.5 Å². The minimum absolute atomic E-state index is 0.107. The Morgan fingerprint density at radius 3 is 2.17 bits per heavy atom. The maximum atomic E-state index is 13.7. The second-order valence-electron chi connectivity index (χ2n) is 14.5. The lowest BCUT2D eigenvalue weighted by Crippen LogP contribution is -2.57. The molecule has 0 aliphatic carbocycles. The zero-order valence-corrected chi connectivity index (χ0v) is 33.0. The van der Waals surface area contributed by atoms with E-state index in [0.717, 1.165) is 16.7 Å². The Kier molecular flexibility index (Phi) is 12.4. The molecule has 4 heterocycles. The number of carbonyl (C=O) groups excluding carboxylic acids is 7. The molecule has 0 spiro atoms. The number of hydrazine groups is 1. The maximum Gasteiger partial charge on any atom is 0.407 e. The first-order chi connectivity index (χ1) is 29.0. The number of nitrogens with zero attached hydrogens (tertiary/aromatic N) is 4. The molecule has 3 saturated heterocycles. The summed E-state index contributed by atoms with van der Waals surface area (Å²) in [5, 5.41) is 13.0. The molecule has 3 aliphatic heterocycles. The fourth-order valence-electron chi connectivity index (χ4n) is 7.80. The Labute approximate surface area is 344 Å². The van der Waals surface area contributed by atoms with Gasteiger partial charge in [0.2, 0.25) is 5.91 Å². The van der Waals surface area contributed by atoms with Gasteiger partial charge in [0, 0.05) is 25.2 Å². The Morgan fingerprint density at radius 1 is 0.800 bits per heavy atom. The number of fused-ring (bicyclic) bond motifs is 1. The number of aromatic amines is 1. The number of H-pyrrole nitrogens is 1. The SMILES string of the molecule is COC(=O)NC1CCC(=O)N2CCC[C@@H](c3ncc(-c4ccc(-c5ccc(NC(=O)NC(=O)[C@@H]6CCCN6C(=O)[C@H](NC(=O)OC)c6ccccc6)cc5)cc4)[nH]3)N2C1=O. The van der Waals surface area contributed by atoms with Crippen LogP contribution < -0.4 is 21.3 Å². The standard InChI is InChI=1S/C42H45N9O9/c1-59-41(57)46-30-20-21-34(52)50-23-7-10-32(51(50)38(30)54)36-43-24-31(45-36)27-14-12-25(13-15-27)26-16-18-29(19-17-26)44-40(56)48-37(53)33-11-6-22-49(33)39(55)35(47-42(58)60-2)28-8-4-3-5-9-28/h3-5,8-9,12-19,24,30,32-33,35H,6-7,10-11,20-23H2,1-2H3,(H,43,45)(H,46,57)(H,47,58)(H2,44,48,53,56)/t30?,32-,33-,35+/m0/s1. The summed E-state index contributed by atoms with van der Waals surface area (Å²) >= 11 is 0. The van der Waals surface area contributed by atoms with E-state index in [2.05, 4.69) is 31.2 Å². The van der Waals surface area contributed by atoms with Crippen LogP contribution in [0.15, 0.2) is 85.1 Å². The highest BCUT2D eigenvalue weighted by molar-refractivity contribution is 6.04. The van der Waals surface area contributed by atoms with Crippen LogP contribution in [0.25, 0.3) is 22.4 Å². The molecule has 3 aromatic carbocycles. The number of anilines is 1. The molecule has 0 radical (unpaired) electrons. The fraction of sp³-hybridized carbons (Fsp3) is 0.333. The molecule has 312 valence electrons. The van der Waals surface area contributed by atoms with Gasteiger partial charge in [0.25, 0.3) is 17.7 Å². The molecule has 1 unspecified atom stereocenters. The maximum absolute atomic E-state index is 13.7. The van der Waals surface area contributed by atoms with Gasteiger partial charge in [-0.25, -0.2) is 24.4 Å². The highest BCUT2D eigenvalue weighted by atomic mass is 16.5. The molecule has 3 aliphatic rings. The van der Waals surface area contributed by atoms with Crippen LogP contribution in [-0.2, 0) is 28.7 Å². The Morgan fingerprint density at radius 2 is 1.47 bits per heavy atom. The van der Waals surface area contributed by atoms with E-state index in [9.17, 15) is 33.6 Å². The van der Waals surface area contributed by atoms with Gasteiger partial charge in [-0.2, -0.15) is 0 Å². The molecule has 0 bridgehead atoms. The Hall–Kier alpha value is -7.24. The summed E-state index contributed by atoms with van der Waals surface area (Å²) in [6.45, 7) is 0.669. The number of hydrogen-bond acceptors (Lipinski definition) is 10. The van der Waals surface area contributed by atoms with E-state index in [4.69, 9.17) is 9.47 Å². The number of nitrogens with one attached hydrogen (secondary N) is 5. The van der Waals surface area contributed by atoms with E-state index in [1.807, 2.05) is 36.4 Å². The van der Waals surface area contributed by atoms with Crippen molar-refractivity contribution < 1.29 is 43.0 Å². The lowest BCUT2D eigenvalue weighted by atomic mass is 10.0. The third-order valence-corrected chi connectivity index (χ3v) is 10.8. The van der Waals surface area contributed by atoms with Crippen LogP contribution in [0.5, 0.6) is 0 Å². The normalized spacial score (nSPS) is 19.4. The van der Waals surface area contributed by atoms with Gasteiger partial charge in [-0.3, -0.25) is 29.5 Å². The van der Waals surface area contributed by atoms with Crippen molar-refractivity contribution in [2.75, 3.05) is 32.6 Å². The van der Waals surface area contributed by atoms with Crippen LogP contribution in [0.4, 0.5) is 20.1 Å². The van der Waals surface area contributed by atoms with Crippen LogP contribution in [0.1, 0.15) is 62.0 Å². The number of amides is 8. The number of hydrogen-bond donors (Lipinski definition) is 5. The van der Waals surface area contributed by atoms with Gasteiger partial charge >= 0.3 is 18.2 Å². The Bertz CT molecular complexity index is 2250. The monoisotopic (exact) mass is 819 g/mol. The molecule has 8 amide bonds. The van der Waals surface area contributed by atoms with Gasteiger partial charge in [-0.15, -0.1) is 0 Å². The summed E-state index contributed by atoms with van der Waals surface area (Å²) in [4.78, 5) is 99.8. The first-order valence-corrected chi connectivity index (χ1v) is 19.6. The van der Waals surface area contributed by atoms with Gasteiger partial charge in [0.15, 0.2) is 0 Å². The number of carbonyl (C=O) groups is 7. The molecule has 18 heteroatoms. The van der Waals surface area contributed by atoms with Crippen molar-refractivity contribution in [2.45, 2.75) is 62.7 Å². The van der Waals surface area contributed by atoms with E-state index in [1.165, 1.54) is 29.1 Å². The van der Waals surface area contributed by atoms with Crippen LogP contribution in [0.3, 0.4) is 0 Å². The van der Waals surface area contributed by atoms with Crippen LogP contribution >= 0.6 is 0 Å². The predicted molar refractivity (Wildman–Crippen MR) is 215 cm³/mol. The van der Waals surface area contributed by atoms with Crippen molar-refractivity contribution in [3.63, 3.8) is 0 Å². The van der Waals surface area contributed by atoms with Gasteiger partial charge in [0.1, 0.15) is 30.0 Å². The molecule has 4 aromatic rings. The second kappa shape index (κ2) is 18.1. The highest BCUT2D eigenvalue weighted by Gasteiger charge is 2.44. The third-order valence-electron chi connectivity index (χ3n) is 10.8. The van der Waals surface area contributed by atoms with Gasteiger partial charge in [-0.1, -0.05) is 66.7 Å². The van der Waals surface area contributed by atoms with E-state index in [0.29, 0.717) is 55.0 Å². The number of likely N-dealkylation sites (tertiary alicyclic amines) is 1. The second-order valence-corrected chi connectivity index (χ2v) is 14.5. The van der Waals surface area contributed by atoms with Crippen LogP contribution in [-0.4, -0.2) is 106 Å². The van der Waals surface area contributed by atoms with E-state index in [1.54, 1.807) is 48.7 Å². The summed E-state index contributed by atoms with van der Waals surface area (Å²) in [5.41, 5.74) is 4.28. The number of ether oxygens (including phenoxy) is 2. The first kappa shape index (κ1) is 40.9. The van der Waals surface area contributed by atoms with E-state index >= 15 is 0 Å². The number of urea groups is 1. The topological polar surface area (TPSA) is 224 Å². The van der Waals surface area contributed by atoms with Crippen molar-refractivity contribution in [3.8, 4) is 22.4 Å². The number of imide groups is 1. The summed E-state index contributed by atoms with van der Waals surface area (Å²) in [5.74, 6) is -1.21. The molecule has 1 aromatic heterocycles. The van der Waals surface area contributed by atoms with Gasteiger partial charge in [0.05, 0.1) is 26.1 Å². The molecular formula is C42H45N9O9. The number of benzene rings is 3. The minimum atomic E-state index is -1.08. The molecule has 60 heavy (non-hydrogen) atoms. The minimum Gasteiger partial charge on any atom is -0.453 e.